The Bertz CT molecular complexity index is 543. The standard InChI is InChI=1S/C9H7.C7H9O.C2H4.2ClH.Zr/c1-2-5-9-7-3-6-8(9)4-1;8-6-5-7-3-1-2-4-7;1-2;;;/h1-7H;1,3,8H,2,5-6H2;1H,2H3;2*1H;/q2*-1;;;;+2/p-2. The molecule has 3 rings (SSSR count). The molecule has 1 aliphatic carbocycles. The maximum atomic E-state index is 8.43. The fraction of sp³-hybridized carbons (Fsp3) is 0.222. The maximum absolute atomic E-state index is 8.43. The van der Waals surface area contributed by atoms with Gasteiger partial charge in [-0.1, -0.05) is 6.07 Å². The molecule has 0 saturated carbocycles. The number of benzene rings is 1. The van der Waals surface area contributed by atoms with Crippen molar-refractivity contribution in [2.75, 3.05) is 6.61 Å². The van der Waals surface area contributed by atoms with Gasteiger partial charge in [0.15, 0.2) is 0 Å². The number of fused-ring (bicyclic) bond motifs is 1. The van der Waals surface area contributed by atoms with E-state index in [4.69, 9.17) is 5.11 Å². The minimum Gasteiger partial charge on any atom is -1.00 e. The number of hydrogen-bond donors (Lipinski definition) is 1. The number of aliphatic hydroxyl groups excluding tert-OH is 1. The van der Waals surface area contributed by atoms with Crippen LogP contribution in [0.2, 0.25) is 0 Å². The molecule has 0 spiro atoms. The molecule has 22 heavy (non-hydrogen) atoms. The molecule has 0 heterocycles. The van der Waals surface area contributed by atoms with E-state index < -0.39 is 0 Å². The SMILES string of the molecule is C[CH]=[Zr+2].OCCC1=[C-]CC=C1.[Cl-].[Cl-].c1ccc2[cH-]ccc2c1. The molecule has 0 bridgehead atoms. The van der Waals surface area contributed by atoms with Crippen LogP contribution >= 0.6 is 0 Å². The van der Waals surface area contributed by atoms with Gasteiger partial charge in [-0.05, 0) is 6.42 Å². The first kappa shape index (κ1) is 23.9. The molecule has 0 aliphatic heterocycles. The minimum absolute atomic E-state index is 0. The number of allylic oxidation sites excluding steroid dienone is 3. The third kappa shape index (κ3) is 9.59. The molecule has 2 aromatic carbocycles. The first-order valence-corrected chi connectivity index (χ1v) is 8.16. The zero-order valence-corrected chi connectivity index (χ0v) is 16.6. The van der Waals surface area contributed by atoms with Gasteiger partial charge in [0.25, 0.3) is 0 Å². The Kier molecular flexibility index (Phi) is 16.8. The fourth-order valence-corrected chi connectivity index (χ4v) is 1.81. The molecule has 0 atom stereocenters. The van der Waals surface area contributed by atoms with Crippen molar-refractivity contribution in [1.82, 2.24) is 0 Å². The van der Waals surface area contributed by atoms with E-state index in [1.807, 2.05) is 19.1 Å². The third-order valence-corrected chi connectivity index (χ3v) is 2.69. The summed E-state index contributed by atoms with van der Waals surface area (Å²) in [5.41, 5.74) is 1.15. The molecule has 0 amide bonds. The van der Waals surface area contributed by atoms with Crippen molar-refractivity contribution >= 4 is 14.5 Å². The van der Waals surface area contributed by atoms with Gasteiger partial charge in [-0.2, -0.15) is 23.6 Å². The van der Waals surface area contributed by atoms with Crippen molar-refractivity contribution < 1.29 is 54.2 Å². The monoisotopic (exact) mass is 412 g/mol. The van der Waals surface area contributed by atoms with Gasteiger partial charge >= 0.3 is 34.9 Å². The smallest absolute Gasteiger partial charge is 0.0442 e. The molecule has 2 aromatic rings. The fourth-order valence-electron chi connectivity index (χ4n) is 1.81. The third-order valence-electron chi connectivity index (χ3n) is 2.69. The van der Waals surface area contributed by atoms with E-state index in [9.17, 15) is 0 Å². The summed E-state index contributed by atoms with van der Waals surface area (Å²) in [4.78, 5) is 0. The summed E-state index contributed by atoms with van der Waals surface area (Å²) in [6, 6.07) is 14.7. The molecule has 1 nitrogen and oxygen atoms in total. The van der Waals surface area contributed by atoms with Gasteiger partial charge in [0.2, 0.25) is 0 Å². The van der Waals surface area contributed by atoms with E-state index in [1.54, 1.807) is 0 Å². The second kappa shape index (κ2) is 15.5. The van der Waals surface area contributed by atoms with Crippen LogP contribution in [0.25, 0.3) is 10.8 Å². The number of hydrogen-bond acceptors (Lipinski definition) is 1. The van der Waals surface area contributed by atoms with Crippen LogP contribution in [0, 0.1) is 6.08 Å². The van der Waals surface area contributed by atoms with Gasteiger partial charge < -0.3 is 29.9 Å². The van der Waals surface area contributed by atoms with E-state index in [1.165, 1.54) is 35.0 Å². The number of rotatable bonds is 2. The normalized spacial score (nSPS) is 11.0. The van der Waals surface area contributed by atoms with E-state index in [0.29, 0.717) is 0 Å². The first-order valence-electron chi connectivity index (χ1n) is 6.74. The maximum Gasteiger partial charge on any atom is 0.0442 e. The van der Waals surface area contributed by atoms with Crippen LogP contribution in [0.1, 0.15) is 19.8 Å². The van der Waals surface area contributed by atoms with Crippen LogP contribution in [-0.4, -0.2) is 15.4 Å². The van der Waals surface area contributed by atoms with Gasteiger partial charge in [-0.3, -0.25) is 6.08 Å². The van der Waals surface area contributed by atoms with Crippen LogP contribution in [0.4, 0.5) is 0 Å². The summed E-state index contributed by atoms with van der Waals surface area (Å²) >= 11 is 1.51. The number of aliphatic hydroxyl groups is 1. The topological polar surface area (TPSA) is 20.2 Å². The van der Waals surface area contributed by atoms with Gasteiger partial charge in [0.05, 0.1) is 0 Å². The zero-order valence-electron chi connectivity index (χ0n) is 12.6. The predicted molar refractivity (Wildman–Crippen MR) is 83.5 cm³/mol. The van der Waals surface area contributed by atoms with Crippen molar-refractivity contribution in [1.29, 1.82) is 0 Å². The molecule has 0 saturated heterocycles. The van der Waals surface area contributed by atoms with Gasteiger partial charge in [0.1, 0.15) is 0 Å². The second-order valence-electron chi connectivity index (χ2n) is 4.23. The summed E-state index contributed by atoms with van der Waals surface area (Å²) in [6.45, 7) is 2.28. The Labute approximate surface area is 160 Å². The Morgan fingerprint density at radius 2 is 1.95 bits per heavy atom. The predicted octanol–water partition coefficient (Wildman–Crippen LogP) is -2.02. The van der Waals surface area contributed by atoms with Gasteiger partial charge in [-0.25, -0.2) is 11.6 Å². The molecule has 0 radical (unpaired) electrons. The molecule has 0 fully saturated rings. The van der Waals surface area contributed by atoms with Crippen molar-refractivity contribution in [3.8, 4) is 0 Å². The molecule has 118 valence electrons. The van der Waals surface area contributed by atoms with E-state index in [-0.39, 0.29) is 31.4 Å². The average molecular weight is 414 g/mol. The van der Waals surface area contributed by atoms with Crippen LogP contribution < -0.4 is 24.8 Å². The van der Waals surface area contributed by atoms with Crippen molar-refractivity contribution in [3.63, 3.8) is 0 Å². The molecule has 1 aliphatic rings. The van der Waals surface area contributed by atoms with E-state index in [2.05, 4.69) is 52.2 Å². The minimum atomic E-state index is 0. The Morgan fingerprint density at radius 3 is 2.50 bits per heavy atom. The summed E-state index contributed by atoms with van der Waals surface area (Å²) in [5.74, 6) is 0. The van der Waals surface area contributed by atoms with Crippen molar-refractivity contribution in [2.45, 2.75) is 19.8 Å². The van der Waals surface area contributed by atoms with E-state index in [0.717, 1.165) is 18.4 Å². The van der Waals surface area contributed by atoms with Crippen molar-refractivity contribution in [3.05, 3.63) is 66.3 Å². The largest absolute Gasteiger partial charge is 1.00 e. The molecular weight excluding hydrogens is 394 g/mol. The van der Waals surface area contributed by atoms with Crippen LogP contribution in [-0.2, 0) is 24.2 Å². The van der Waals surface area contributed by atoms with Gasteiger partial charge in [0, 0.05) is 6.61 Å². The Morgan fingerprint density at radius 1 is 1.27 bits per heavy atom. The molecule has 1 N–H and O–H groups in total. The summed E-state index contributed by atoms with van der Waals surface area (Å²) in [7, 11) is 0. The molecule has 0 aromatic heterocycles. The van der Waals surface area contributed by atoms with Crippen LogP contribution in [0.15, 0.2) is 60.2 Å². The summed E-state index contributed by atoms with van der Waals surface area (Å²) in [5, 5.41) is 11.1. The molecular formula is C18H20Cl2OZr-2. The van der Waals surface area contributed by atoms with Crippen LogP contribution in [0.3, 0.4) is 0 Å². The second-order valence-corrected chi connectivity index (χ2v) is 5.64. The summed E-state index contributed by atoms with van der Waals surface area (Å²) in [6.07, 6.45) is 8.85. The van der Waals surface area contributed by atoms with Gasteiger partial charge in [-0.15, -0.1) is 36.1 Å². The first-order chi connectivity index (χ1) is 9.81. The van der Waals surface area contributed by atoms with E-state index >= 15 is 0 Å². The molecule has 0 unspecified atom stereocenters. The average Bonchev–Trinajstić information content (AvgIpc) is 3.11. The van der Waals surface area contributed by atoms with Crippen molar-refractivity contribution in [2.24, 2.45) is 0 Å². The number of halogens is 2. The van der Waals surface area contributed by atoms with Crippen LogP contribution in [0.5, 0.6) is 0 Å². The summed E-state index contributed by atoms with van der Waals surface area (Å²) < 4.78 is 2.09. The molecule has 4 heteroatoms. The Hall–Kier alpha value is -0.397. The Balaban J connectivity index is 0. The zero-order chi connectivity index (χ0) is 14.6. The quantitative estimate of drug-likeness (QED) is 0.563.